The molecule has 0 fully saturated rings. The minimum atomic E-state index is -1.12. The monoisotopic (exact) mass is 359 g/mol. The van der Waals surface area contributed by atoms with Gasteiger partial charge in [-0.25, -0.2) is 14.8 Å². The molecule has 0 saturated heterocycles. The molecule has 1 aromatic carbocycles. The molecule has 0 spiro atoms. The second kappa shape index (κ2) is 6.78. The second-order valence-electron chi connectivity index (χ2n) is 5.27. The molecule has 0 aliphatic carbocycles. The van der Waals surface area contributed by atoms with Gasteiger partial charge in [-0.05, 0) is 12.1 Å². The zero-order chi connectivity index (χ0) is 18.0. The van der Waals surface area contributed by atoms with Gasteiger partial charge in [-0.1, -0.05) is 17.7 Å². The van der Waals surface area contributed by atoms with Crippen LogP contribution in [0.2, 0.25) is 5.02 Å². The topological polar surface area (TPSA) is 104 Å². The SMILES string of the molecule is CN1Cc2c(C(=O)O)ncn2-c2cccc(Cl)c2C1=O.c1c[nH]cn1. The number of rotatable bonds is 1. The standard InChI is InChI=1S/C13H10ClN3O3.C3H4N2/c1-16-5-9-11(13(19)20)15-6-17(9)8-4-2-3-7(14)10(8)12(16)18;1-2-5-3-4-1/h2-4,6H,5H2,1H3,(H,19,20);1-3H,(H,4,5). The number of carboxylic acid groups (broad SMARTS) is 1. The predicted molar refractivity (Wildman–Crippen MR) is 89.9 cm³/mol. The van der Waals surface area contributed by atoms with Gasteiger partial charge >= 0.3 is 5.97 Å². The van der Waals surface area contributed by atoms with Crippen molar-refractivity contribution in [3.05, 3.63) is 65.2 Å². The first-order valence-electron chi connectivity index (χ1n) is 7.27. The molecular formula is C16H14ClN5O3. The number of benzene rings is 1. The maximum absolute atomic E-state index is 12.4. The highest BCUT2D eigenvalue weighted by Crippen LogP contribution is 2.30. The van der Waals surface area contributed by atoms with Crippen LogP contribution in [-0.4, -0.2) is 48.4 Å². The number of nitrogens with one attached hydrogen (secondary N) is 1. The van der Waals surface area contributed by atoms with Gasteiger partial charge in [0.2, 0.25) is 0 Å². The van der Waals surface area contributed by atoms with Gasteiger partial charge in [0, 0.05) is 19.4 Å². The van der Waals surface area contributed by atoms with Gasteiger partial charge in [0.25, 0.3) is 5.91 Å². The van der Waals surface area contributed by atoms with Crippen molar-refractivity contribution >= 4 is 23.5 Å². The highest BCUT2D eigenvalue weighted by atomic mass is 35.5. The number of imidazole rings is 2. The number of H-pyrrole nitrogens is 1. The van der Waals surface area contributed by atoms with Gasteiger partial charge in [-0.15, -0.1) is 0 Å². The van der Waals surface area contributed by atoms with E-state index in [9.17, 15) is 14.7 Å². The number of aromatic nitrogens is 4. The van der Waals surface area contributed by atoms with E-state index in [-0.39, 0.29) is 18.1 Å². The molecule has 9 heteroatoms. The van der Waals surface area contributed by atoms with Crippen molar-refractivity contribution in [2.45, 2.75) is 6.54 Å². The van der Waals surface area contributed by atoms with Crippen molar-refractivity contribution in [1.29, 1.82) is 0 Å². The van der Waals surface area contributed by atoms with Gasteiger partial charge in [-0.2, -0.15) is 0 Å². The third kappa shape index (κ3) is 3.11. The summed E-state index contributed by atoms with van der Waals surface area (Å²) in [5, 5.41) is 9.50. The maximum atomic E-state index is 12.4. The minimum absolute atomic E-state index is 0.0579. The summed E-state index contributed by atoms with van der Waals surface area (Å²) in [7, 11) is 1.60. The molecule has 1 aliphatic rings. The van der Waals surface area contributed by atoms with Crippen molar-refractivity contribution in [2.24, 2.45) is 0 Å². The largest absolute Gasteiger partial charge is 0.476 e. The number of hydrogen-bond acceptors (Lipinski definition) is 4. The Morgan fingerprint density at radius 1 is 1.40 bits per heavy atom. The molecule has 3 heterocycles. The fraction of sp³-hybridized carbons (Fsp3) is 0.125. The van der Waals surface area contributed by atoms with E-state index in [0.717, 1.165) is 0 Å². The third-order valence-electron chi connectivity index (χ3n) is 3.67. The molecular weight excluding hydrogens is 346 g/mol. The zero-order valence-corrected chi connectivity index (χ0v) is 13.9. The Balaban J connectivity index is 0.000000314. The highest BCUT2D eigenvalue weighted by Gasteiger charge is 2.29. The summed E-state index contributed by atoms with van der Waals surface area (Å²) in [6, 6.07) is 5.06. The molecule has 3 aromatic rings. The molecule has 4 rings (SSSR count). The molecule has 25 heavy (non-hydrogen) atoms. The first kappa shape index (κ1) is 16.7. The minimum Gasteiger partial charge on any atom is -0.476 e. The Hall–Kier alpha value is -3.13. The van der Waals surface area contributed by atoms with Gasteiger partial charge in [0.15, 0.2) is 5.69 Å². The summed E-state index contributed by atoms with van der Waals surface area (Å²) in [4.78, 5) is 35.3. The number of aromatic carboxylic acids is 1. The average Bonchev–Trinajstić information content (AvgIpc) is 3.25. The van der Waals surface area contributed by atoms with Crippen LogP contribution in [0.25, 0.3) is 5.69 Å². The van der Waals surface area contributed by atoms with Gasteiger partial charge in [-0.3, -0.25) is 9.36 Å². The number of carbonyl (C=O) groups is 2. The fourth-order valence-electron chi connectivity index (χ4n) is 2.54. The van der Waals surface area contributed by atoms with E-state index in [1.807, 2.05) is 0 Å². The first-order chi connectivity index (χ1) is 12.0. The molecule has 0 bridgehead atoms. The number of nitrogens with zero attached hydrogens (tertiary/aromatic N) is 4. The van der Waals surface area contributed by atoms with Crippen molar-refractivity contribution in [3.8, 4) is 5.69 Å². The van der Waals surface area contributed by atoms with E-state index in [4.69, 9.17) is 11.6 Å². The quantitative estimate of drug-likeness (QED) is 0.693. The zero-order valence-electron chi connectivity index (χ0n) is 13.2. The molecule has 0 saturated carbocycles. The van der Waals surface area contributed by atoms with Crippen LogP contribution in [0, 0.1) is 0 Å². The third-order valence-corrected chi connectivity index (χ3v) is 3.99. The second-order valence-corrected chi connectivity index (χ2v) is 5.68. The van der Waals surface area contributed by atoms with Crippen LogP contribution in [0.1, 0.15) is 26.5 Å². The first-order valence-corrected chi connectivity index (χ1v) is 7.65. The van der Waals surface area contributed by atoms with Crippen LogP contribution >= 0.6 is 11.6 Å². The van der Waals surface area contributed by atoms with Crippen molar-refractivity contribution < 1.29 is 14.7 Å². The molecule has 0 radical (unpaired) electrons. The molecule has 8 nitrogen and oxygen atoms in total. The van der Waals surface area contributed by atoms with E-state index < -0.39 is 5.97 Å². The maximum Gasteiger partial charge on any atom is 0.356 e. The van der Waals surface area contributed by atoms with Crippen LogP contribution in [0.4, 0.5) is 0 Å². The summed E-state index contributed by atoms with van der Waals surface area (Å²) in [6.07, 6.45) is 6.49. The number of aromatic amines is 1. The predicted octanol–water partition coefficient (Wildman–Crippen LogP) is 2.22. The van der Waals surface area contributed by atoms with Crippen LogP contribution in [0.3, 0.4) is 0 Å². The molecule has 2 N–H and O–H groups in total. The average molecular weight is 360 g/mol. The molecule has 2 aromatic heterocycles. The van der Waals surface area contributed by atoms with Crippen LogP contribution in [0.15, 0.2) is 43.2 Å². The van der Waals surface area contributed by atoms with Crippen molar-refractivity contribution in [3.63, 3.8) is 0 Å². The lowest BCUT2D eigenvalue weighted by atomic mass is 10.1. The molecule has 1 amide bonds. The van der Waals surface area contributed by atoms with E-state index in [2.05, 4.69) is 15.0 Å². The molecule has 1 aliphatic heterocycles. The summed E-state index contributed by atoms with van der Waals surface area (Å²) in [5.41, 5.74) is 1.29. The Labute approximate surface area is 147 Å². The molecule has 128 valence electrons. The Bertz CT molecular complexity index is 903. The Kier molecular flexibility index (Phi) is 4.53. The smallest absolute Gasteiger partial charge is 0.356 e. The summed E-state index contributed by atoms with van der Waals surface area (Å²) in [5.74, 6) is -1.37. The highest BCUT2D eigenvalue weighted by molar-refractivity contribution is 6.34. The summed E-state index contributed by atoms with van der Waals surface area (Å²) < 4.78 is 1.60. The number of carboxylic acids is 1. The summed E-state index contributed by atoms with van der Waals surface area (Å²) in [6.45, 7) is 0.158. The Morgan fingerprint density at radius 3 is 2.80 bits per heavy atom. The summed E-state index contributed by atoms with van der Waals surface area (Å²) >= 11 is 6.11. The number of amides is 1. The van der Waals surface area contributed by atoms with E-state index >= 15 is 0 Å². The van der Waals surface area contributed by atoms with Crippen molar-refractivity contribution in [1.82, 2.24) is 24.4 Å². The fourth-order valence-corrected chi connectivity index (χ4v) is 2.79. The molecule has 0 unspecified atom stereocenters. The van der Waals surface area contributed by atoms with Gasteiger partial charge in [0.05, 0.1) is 34.8 Å². The van der Waals surface area contributed by atoms with Crippen LogP contribution in [-0.2, 0) is 6.54 Å². The number of carbonyl (C=O) groups excluding carboxylic acids is 1. The number of hydrogen-bond donors (Lipinski definition) is 2. The van der Waals surface area contributed by atoms with Crippen LogP contribution < -0.4 is 0 Å². The van der Waals surface area contributed by atoms with Gasteiger partial charge in [0.1, 0.15) is 6.33 Å². The van der Waals surface area contributed by atoms with E-state index in [1.54, 1.807) is 48.5 Å². The van der Waals surface area contributed by atoms with Gasteiger partial charge < -0.3 is 15.0 Å². The van der Waals surface area contributed by atoms with E-state index in [0.29, 0.717) is 22.0 Å². The lowest BCUT2D eigenvalue weighted by molar-refractivity contribution is 0.0683. The molecule has 0 atom stereocenters. The number of halogens is 1. The lowest BCUT2D eigenvalue weighted by Crippen LogP contribution is -2.26. The normalized spacial score (nSPS) is 12.6. The Morgan fingerprint density at radius 2 is 2.20 bits per heavy atom. The van der Waals surface area contributed by atoms with E-state index in [1.165, 1.54) is 11.2 Å². The number of fused-ring (bicyclic) bond motifs is 3. The van der Waals surface area contributed by atoms with Crippen LogP contribution in [0.5, 0.6) is 0 Å². The lowest BCUT2D eigenvalue weighted by Gasteiger charge is -2.14. The van der Waals surface area contributed by atoms with Crippen molar-refractivity contribution in [2.75, 3.05) is 7.05 Å².